The van der Waals surface area contributed by atoms with Crippen molar-refractivity contribution in [2.75, 3.05) is 16.2 Å². The molecule has 1 aliphatic heterocycles. The lowest BCUT2D eigenvalue weighted by molar-refractivity contribution is -0.116. The van der Waals surface area contributed by atoms with Crippen LogP contribution in [0.15, 0.2) is 42.5 Å². The Labute approximate surface area is 146 Å². The lowest BCUT2D eigenvalue weighted by Gasteiger charge is -2.16. The van der Waals surface area contributed by atoms with Crippen LogP contribution in [0.4, 0.5) is 11.4 Å². The van der Waals surface area contributed by atoms with Crippen molar-refractivity contribution >= 4 is 38.9 Å². The third-order valence-corrected chi connectivity index (χ3v) is 5.42. The number of nitrogens with zero attached hydrogens (tertiary/aromatic N) is 1. The first-order valence-corrected chi connectivity index (χ1v) is 9.53. The van der Waals surface area contributed by atoms with Crippen molar-refractivity contribution < 1.29 is 13.2 Å². The standard InChI is InChI=1S/C17H17ClN2O3S/c1-12(21)20-9-8-14-4-7-16(10-17(14)20)19-24(22,23)11-13-2-5-15(18)6-3-13/h2-7,10,19H,8-9,11H2,1H3. The van der Waals surface area contributed by atoms with Crippen LogP contribution < -0.4 is 9.62 Å². The van der Waals surface area contributed by atoms with Gasteiger partial charge in [0, 0.05) is 24.2 Å². The third kappa shape index (κ3) is 3.71. The van der Waals surface area contributed by atoms with Crippen LogP contribution in [0.5, 0.6) is 0 Å². The number of fused-ring (bicyclic) bond motifs is 1. The number of carbonyl (C=O) groups is 1. The zero-order chi connectivity index (χ0) is 17.3. The second-order valence-corrected chi connectivity index (χ2v) is 7.91. The molecule has 1 heterocycles. The van der Waals surface area contributed by atoms with Crippen molar-refractivity contribution in [2.45, 2.75) is 19.1 Å². The molecule has 3 rings (SSSR count). The zero-order valence-electron chi connectivity index (χ0n) is 13.1. The molecule has 0 saturated carbocycles. The molecule has 24 heavy (non-hydrogen) atoms. The minimum atomic E-state index is -3.55. The Morgan fingerprint density at radius 2 is 1.92 bits per heavy atom. The van der Waals surface area contributed by atoms with E-state index in [0.29, 0.717) is 22.8 Å². The molecule has 2 aromatic rings. The number of benzene rings is 2. The first-order valence-electron chi connectivity index (χ1n) is 7.50. The smallest absolute Gasteiger partial charge is 0.236 e. The van der Waals surface area contributed by atoms with Gasteiger partial charge in [0.05, 0.1) is 11.4 Å². The molecule has 0 fully saturated rings. The number of anilines is 2. The fourth-order valence-corrected chi connectivity index (χ4v) is 4.10. The van der Waals surface area contributed by atoms with Crippen LogP contribution >= 0.6 is 11.6 Å². The minimum Gasteiger partial charge on any atom is -0.312 e. The fraction of sp³-hybridized carbons (Fsp3) is 0.235. The Bertz CT molecular complexity index is 879. The van der Waals surface area contributed by atoms with Crippen molar-refractivity contribution in [3.8, 4) is 0 Å². The van der Waals surface area contributed by atoms with Crippen molar-refractivity contribution in [3.05, 3.63) is 58.6 Å². The number of rotatable bonds is 4. The molecule has 1 N–H and O–H groups in total. The molecular weight excluding hydrogens is 348 g/mol. The lowest BCUT2D eigenvalue weighted by atomic mass is 10.1. The second-order valence-electron chi connectivity index (χ2n) is 5.75. The summed E-state index contributed by atoms with van der Waals surface area (Å²) in [4.78, 5) is 13.3. The number of sulfonamides is 1. The summed E-state index contributed by atoms with van der Waals surface area (Å²) in [5.74, 6) is -0.188. The van der Waals surface area contributed by atoms with Crippen molar-refractivity contribution in [1.29, 1.82) is 0 Å². The maximum absolute atomic E-state index is 12.3. The normalized spacial score (nSPS) is 13.7. The summed E-state index contributed by atoms with van der Waals surface area (Å²) in [5, 5.41) is 0.562. The molecule has 2 aromatic carbocycles. The van der Waals surface area contributed by atoms with Gasteiger partial charge in [0.15, 0.2) is 0 Å². The van der Waals surface area contributed by atoms with Gasteiger partial charge >= 0.3 is 0 Å². The maximum Gasteiger partial charge on any atom is 0.236 e. The summed E-state index contributed by atoms with van der Waals surface area (Å²) < 4.78 is 27.3. The zero-order valence-corrected chi connectivity index (χ0v) is 14.7. The molecule has 5 nitrogen and oxygen atoms in total. The van der Waals surface area contributed by atoms with E-state index in [1.54, 1.807) is 41.3 Å². The quantitative estimate of drug-likeness (QED) is 0.906. The highest BCUT2D eigenvalue weighted by Gasteiger charge is 2.23. The van der Waals surface area contributed by atoms with Gasteiger partial charge in [-0.05, 0) is 41.8 Å². The third-order valence-electron chi connectivity index (χ3n) is 3.90. The average Bonchev–Trinajstić information content (AvgIpc) is 2.92. The SMILES string of the molecule is CC(=O)N1CCc2ccc(NS(=O)(=O)Cc3ccc(Cl)cc3)cc21. The summed E-state index contributed by atoms with van der Waals surface area (Å²) >= 11 is 5.81. The molecule has 0 aromatic heterocycles. The number of halogens is 1. The highest BCUT2D eigenvalue weighted by atomic mass is 35.5. The molecular formula is C17H17ClN2O3S. The Hall–Kier alpha value is -2.05. The minimum absolute atomic E-state index is 0.0464. The van der Waals surface area contributed by atoms with Crippen molar-refractivity contribution in [3.63, 3.8) is 0 Å². The molecule has 0 aliphatic carbocycles. The lowest BCUT2D eigenvalue weighted by Crippen LogP contribution is -2.25. The Balaban J connectivity index is 1.79. The van der Waals surface area contributed by atoms with Gasteiger partial charge in [-0.15, -0.1) is 0 Å². The van der Waals surface area contributed by atoms with Crippen molar-refractivity contribution in [2.24, 2.45) is 0 Å². The second kappa shape index (κ2) is 6.45. The predicted molar refractivity (Wildman–Crippen MR) is 95.9 cm³/mol. The summed E-state index contributed by atoms with van der Waals surface area (Å²) in [6, 6.07) is 12.0. The summed E-state index contributed by atoms with van der Waals surface area (Å²) in [6.45, 7) is 2.14. The molecule has 0 atom stereocenters. The topological polar surface area (TPSA) is 66.5 Å². The van der Waals surface area contributed by atoms with Gasteiger partial charge in [-0.3, -0.25) is 9.52 Å². The molecule has 0 spiro atoms. The van der Waals surface area contributed by atoms with E-state index in [2.05, 4.69) is 4.72 Å². The summed E-state index contributed by atoms with van der Waals surface area (Å²) in [6.07, 6.45) is 0.784. The van der Waals surface area contributed by atoms with Crippen LogP contribution in [0.1, 0.15) is 18.1 Å². The highest BCUT2D eigenvalue weighted by Crippen LogP contribution is 2.31. The van der Waals surface area contributed by atoms with Gasteiger partial charge in [-0.1, -0.05) is 29.8 Å². The van der Waals surface area contributed by atoms with E-state index in [4.69, 9.17) is 11.6 Å². The monoisotopic (exact) mass is 364 g/mol. The number of carbonyl (C=O) groups excluding carboxylic acids is 1. The molecule has 0 unspecified atom stereocenters. The van der Waals surface area contributed by atoms with Gasteiger partial charge < -0.3 is 4.90 Å². The molecule has 126 valence electrons. The van der Waals surface area contributed by atoms with Gasteiger partial charge in [-0.25, -0.2) is 8.42 Å². The van der Waals surface area contributed by atoms with Gasteiger partial charge in [-0.2, -0.15) is 0 Å². The van der Waals surface area contributed by atoms with E-state index >= 15 is 0 Å². The fourth-order valence-electron chi connectivity index (χ4n) is 2.79. The van der Waals surface area contributed by atoms with E-state index in [1.165, 1.54) is 6.92 Å². The van der Waals surface area contributed by atoms with E-state index < -0.39 is 10.0 Å². The molecule has 0 radical (unpaired) electrons. The van der Waals surface area contributed by atoms with E-state index in [9.17, 15) is 13.2 Å². The van der Waals surface area contributed by atoms with Gasteiger partial charge in [0.25, 0.3) is 0 Å². The van der Waals surface area contributed by atoms with Crippen LogP contribution in [-0.2, 0) is 27.0 Å². The molecule has 0 saturated heterocycles. The average molecular weight is 365 g/mol. The molecule has 7 heteroatoms. The van der Waals surface area contributed by atoms with Crippen LogP contribution in [0.25, 0.3) is 0 Å². The number of nitrogens with one attached hydrogen (secondary N) is 1. The predicted octanol–water partition coefficient (Wildman–Crippen LogP) is 3.19. The van der Waals surface area contributed by atoms with E-state index in [1.807, 2.05) is 6.07 Å². The van der Waals surface area contributed by atoms with Gasteiger partial charge in [0.1, 0.15) is 0 Å². The van der Waals surface area contributed by atoms with E-state index in [-0.39, 0.29) is 11.7 Å². The Kier molecular flexibility index (Phi) is 4.51. The van der Waals surface area contributed by atoms with Crippen LogP contribution in [0.3, 0.4) is 0 Å². The number of hydrogen-bond acceptors (Lipinski definition) is 3. The van der Waals surface area contributed by atoms with Crippen LogP contribution in [0, 0.1) is 0 Å². The number of hydrogen-bond donors (Lipinski definition) is 1. The molecule has 1 aliphatic rings. The van der Waals surface area contributed by atoms with Crippen LogP contribution in [-0.4, -0.2) is 20.9 Å². The van der Waals surface area contributed by atoms with E-state index in [0.717, 1.165) is 17.7 Å². The summed E-state index contributed by atoms with van der Waals surface area (Å²) in [7, 11) is -3.55. The van der Waals surface area contributed by atoms with Crippen LogP contribution in [0.2, 0.25) is 5.02 Å². The summed E-state index contributed by atoms with van der Waals surface area (Å²) in [5.41, 5.74) is 2.93. The maximum atomic E-state index is 12.3. The first kappa shape index (κ1) is 16.8. The highest BCUT2D eigenvalue weighted by molar-refractivity contribution is 7.91. The first-order chi connectivity index (χ1) is 11.3. The Morgan fingerprint density at radius 3 is 2.58 bits per heavy atom. The Morgan fingerprint density at radius 1 is 1.21 bits per heavy atom. The molecule has 1 amide bonds. The van der Waals surface area contributed by atoms with Gasteiger partial charge in [0.2, 0.25) is 15.9 Å². The number of amides is 1. The largest absolute Gasteiger partial charge is 0.312 e. The molecule has 0 bridgehead atoms. The van der Waals surface area contributed by atoms with Crippen molar-refractivity contribution in [1.82, 2.24) is 0 Å².